The first-order valence-corrected chi connectivity index (χ1v) is 10.8. The van der Waals surface area contributed by atoms with Gasteiger partial charge in [-0.05, 0) is 46.0 Å². The van der Waals surface area contributed by atoms with Crippen LogP contribution in [0.2, 0.25) is 0 Å². The summed E-state index contributed by atoms with van der Waals surface area (Å²) in [7, 11) is 0. The summed E-state index contributed by atoms with van der Waals surface area (Å²) in [5.41, 5.74) is 0.279. The van der Waals surface area contributed by atoms with Crippen LogP contribution in [0.3, 0.4) is 0 Å². The molecule has 0 aromatic carbocycles. The van der Waals surface area contributed by atoms with E-state index >= 15 is 0 Å². The van der Waals surface area contributed by atoms with Gasteiger partial charge < -0.3 is 14.7 Å². The van der Waals surface area contributed by atoms with Crippen LogP contribution in [0.4, 0.5) is 0 Å². The average molecular weight is 405 g/mol. The van der Waals surface area contributed by atoms with Crippen LogP contribution in [-0.2, 0) is 16.1 Å². The number of amides is 3. The van der Waals surface area contributed by atoms with E-state index in [9.17, 15) is 14.4 Å². The first kappa shape index (κ1) is 21.3. The fourth-order valence-electron chi connectivity index (χ4n) is 4.25. The van der Waals surface area contributed by atoms with Gasteiger partial charge in [-0.1, -0.05) is 5.21 Å². The topological polar surface area (TPSA) is 91.6 Å². The smallest absolute Gasteiger partial charge is 0.276 e. The van der Waals surface area contributed by atoms with E-state index in [-0.39, 0.29) is 36.0 Å². The van der Waals surface area contributed by atoms with Crippen molar-refractivity contribution in [2.45, 2.75) is 65.0 Å². The Balaban J connectivity index is 1.60. The third-order valence-corrected chi connectivity index (χ3v) is 5.96. The van der Waals surface area contributed by atoms with Crippen molar-refractivity contribution in [1.82, 2.24) is 29.7 Å². The molecular weight excluding hydrogens is 372 g/mol. The minimum atomic E-state index is -0.135. The predicted octanol–water partition coefficient (Wildman–Crippen LogP) is 1.15. The van der Waals surface area contributed by atoms with Gasteiger partial charge in [-0.25, -0.2) is 4.68 Å². The molecule has 2 fully saturated rings. The van der Waals surface area contributed by atoms with Crippen molar-refractivity contribution < 1.29 is 14.4 Å². The van der Waals surface area contributed by atoms with Crippen molar-refractivity contribution in [3.8, 4) is 0 Å². The fourth-order valence-corrected chi connectivity index (χ4v) is 4.25. The first-order valence-electron chi connectivity index (χ1n) is 10.8. The van der Waals surface area contributed by atoms with Crippen molar-refractivity contribution in [1.29, 1.82) is 0 Å². The molecule has 160 valence electrons. The molecule has 3 amide bonds. The van der Waals surface area contributed by atoms with E-state index in [1.165, 1.54) is 4.68 Å². The fraction of sp³-hybridized carbons (Fsp3) is 0.750. The van der Waals surface area contributed by atoms with Crippen molar-refractivity contribution in [3.63, 3.8) is 0 Å². The average Bonchev–Trinajstić information content (AvgIpc) is 3.36. The highest BCUT2D eigenvalue weighted by atomic mass is 16.2. The largest absolute Gasteiger partial charge is 0.343 e. The number of hydrogen-bond donors (Lipinski definition) is 0. The summed E-state index contributed by atoms with van der Waals surface area (Å²) in [6.45, 7) is 7.47. The molecule has 0 radical (unpaired) electrons. The van der Waals surface area contributed by atoms with Gasteiger partial charge in [-0.15, -0.1) is 5.10 Å². The molecule has 0 aliphatic carbocycles. The molecule has 3 rings (SSSR count). The molecule has 2 aliphatic heterocycles. The number of nitrogens with zero attached hydrogens (tertiary/aromatic N) is 6. The molecule has 0 bridgehead atoms. The maximum atomic E-state index is 13.1. The SMILES string of the molecule is CCN(CC)C(=O)Cn1cc(C(=O)N2CCCCC2CCN2CCCC2=O)nn1. The molecule has 0 N–H and O–H groups in total. The molecule has 9 heteroatoms. The van der Waals surface area contributed by atoms with E-state index in [1.54, 1.807) is 11.1 Å². The standard InChI is InChI=1S/C20H32N6O3/c1-3-23(4-2)19(28)15-25-14-17(21-22-25)20(29)26-12-6-5-8-16(26)10-13-24-11-7-9-18(24)27/h14,16H,3-13,15H2,1-2H3. The van der Waals surface area contributed by atoms with Crippen LogP contribution in [0.25, 0.3) is 0 Å². The van der Waals surface area contributed by atoms with E-state index in [0.29, 0.717) is 32.6 Å². The third kappa shape index (κ3) is 5.13. The minimum absolute atomic E-state index is 0.0370. The molecule has 2 saturated heterocycles. The zero-order chi connectivity index (χ0) is 20.8. The van der Waals surface area contributed by atoms with Crippen LogP contribution in [0.1, 0.15) is 62.9 Å². The number of rotatable bonds is 8. The second-order valence-corrected chi connectivity index (χ2v) is 7.79. The van der Waals surface area contributed by atoms with Gasteiger partial charge in [0.2, 0.25) is 11.8 Å². The monoisotopic (exact) mass is 404 g/mol. The van der Waals surface area contributed by atoms with E-state index in [1.807, 2.05) is 23.6 Å². The number of hydrogen-bond acceptors (Lipinski definition) is 5. The summed E-state index contributed by atoms with van der Waals surface area (Å²) in [5.74, 6) is 0.0495. The number of aromatic nitrogens is 3. The maximum Gasteiger partial charge on any atom is 0.276 e. The van der Waals surface area contributed by atoms with Crippen LogP contribution < -0.4 is 0 Å². The highest BCUT2D eigenvalue weighted by Crippen LogP contribution is 2.23. The molecule has 1 aromatic rings. The summed E-state index contributed by atoms with van der Waals surface area (Å²) in [4.78, 5) is 42.7. The Morgan fingerprint density at radius 2 is 1.97 bits per heavy atom. The van der Waals surface area contributed by atoms with Crippen molar-refractivity contribution in [2.24, 2.45) is 0 Å². The first-order chi connectivity index (χ1) is 14.0. The van der Waals surface area contributed by atoms with Crippen LogP contribution in [0.15, 0.2) is 6.20 Å². The van der Waals surface area contributed by atoms with Gasteiger partial charge in [-0.2, -0.15) is 0 Å². The molecule has 9 nitrogen and oxygen atoms in total. The summed E-state index contributed by atoms with van der Waals surface area (Å²) in [6.07, 6.45) is 6.95. The van der Waals surface area contributed by atoms with E-state index in [0.717, 1.165) is 38.6 Å². The number of likely N-dealkylation sites (N-methyl/N-ethyl adjacent to an activating group) is 1. The molecule has 0 spiro atoms. The third-order valence-electron chi connectivity index (χ3n) is 5.96. The normalized spacial score (nSPS) is 19.7. The quantitative estimate of drug-likeness (QED) is 0.648. The number of carbonyl (C=O) groups excluding carboxylic acids is 3. The second kappa shape index (κ2) is 9.84. The lowest BCUT2D eigenvalue weighted by Crippen LogP contribution is -2.45. The number of likely N-dealkylation sites (tertiary alicyclic amines) is 2. The zero-order valence-corrected chi connectivity index (χ0v) is 17.5. The molecule has 2 aliphatic rings. The van der Waals surface area contributed by atoms with Gasteiger partial charge in [-0.3, -0.25) is 14.4 Å². The second-order valence-electron chi connectivity index (χ2n) is 7.79. The molecule has 0 saturated carbocycles. The van der Waals surface area contributed by atoms with Crippen LogP contribution in [0, 0.1) is 0 Å². The molecular formula is C20H32N6O3. The zero-order valence-electron chi connectivity index (χ0n) is 17.5. The Kier molecular flexibility index (Phi) is 7.22. The summed E-state index contributed by atoms with van der Waals surface area (Å²) < 4.78 is 1.44. The van der Waals surface area contributed by atoms with E-state index in [4.69, 9.17) is 0 Å². The lowest BCUT2D eigenvalue weighted by Gasteiger charge is -2.36. The summed E-state index contributed by atoms with van der Waals surface area (Å²) >= 11 is 0. The van der Waals surface area contributed by atoms with Gasteiger partial charge in [0.05, 0.1) is 6.20 Å². The van der Waals surface area contributed by atoms with E-state index in [2.05, 4.69) is 10.3 Å². The highest BCUT2D eigenvalue weighted by Gasteiger charge is 2.30. The van der Waals surface area contributed by atoms with E-state index < -0.39 is 0 Å². The predicted molar refractivity (Wildman–Crippen MR) is 107 cm³/mol. The minimum Gasteiger partial charge on any atom is -0.343 e. The summed E-state index contributed by atoms with van der Waals surface area (Å²) in [5, 5.41) is 8.01. The number of carbonyl (C=O) groups is 3. The van der Waals surface area contributed by atoms with Crippen LogP contribution in [0.5, 0.6) is 0 Å². The van der Waals surface area contributed by atoms with Gasteiger partial charge in [0.25, 0.3) is 5.91 Å². The number of piperidine rings is 1. The van der Waals surface area contributed by atoms with Gasteiger partial charge in [0.1, 0.15) is 6.54 Å². The van der Waals surface area contributed by atoms with Gasteiger partial charge in [0.15, 0.2) is 5.69 Å². The molecule has 29 heavy (non-hydrogen) atoms. The highest BCUT2D eigenvalue weighted by molar-refractivity contribution is 5.92. The van der Waals surface area contributed by atoms with Crippen LogP contribution in [-0.4, -0.2) is 86.2 Å². The Bertz CT molecular complexity index is 730. The van der Waals surface area contributed by atoms with Crippen LogP contribution >= 0.6 is 0 Å². The summed E-state index contributed by atoms with van der Waals surface area (Å²) in [6, 6.07) is 0.118. The Morgan fingerprint density at radius 3 is 2.66 bits per heavy atom. The molecule has 1 unspecified atom stereocenters. The van der Waals surface area contributed by atoms with Gasteiger partial charge in [0, 0.05) is 45.2 Å². The van der Waals surface area contributed by atoms with Crippen molar-refractivity contribution in [2.75, 3.05) is 32.7 Å². The molecule has 1 atom stereocenters. The Hall–Kier alpha value is -2.45. The lowest BCUT2D eigenvalue weighted by molar-refractivity contribution is -0.131. The Labute approximate surface area is 172 Å². The van der Waals surface area contributed by atoms with Crippen molar-refractivity contribution >= 4 is 17.7 Å². The van der Waals surface area contributed by atoms with Crippen molar-refractivity contribution in [3.05, 3.63) is 11.9 Å². The molecule has 1 aromatic heterocycles. The lowest BCUT2D eigenvalue weighted by atomic mass is 9.98. The molecule has 3 heterocycles. The Morgan fingerprint density at radius 1 is 1.17 bits per heavy atom. The van der Waals surface area contributed by atoms with Gasteiger partial charge >= 0.3 is 0 Å². The maximum absolute atomic E-state index is 13.1.